The lowest BCUT2D eigenvalue weighted by Crippen LogP contribution is -2.43. The molecule has 0 aromatic heterocycles. The second-order valence-corrected chi connectivity index (χ2v) is 5.08. The molecule has 1 aliphatic rings. The van der Waals surface area contributed by atoms with Crippen molar-refractivity contribution >= 4 is 6.03 Å². The lowest BCUT2D eigenvalue weighted by molar-refractivity contribution is 0.201. The summed E-state index contributed by atoms with van der Waals surface area (Å²) in [6, 6.07) is 0.188. The zero-order valence-corrected chi connectivity index (χ0v) is 10.6. The number of amides is 2. The Morgan fingerprint density at radius 3 is 2.50 bits per heavy atom. The summed E-state index contributed by atoms with van der Waals surface area (Å²) in [5.41, 5.74) is 0. The smallest absolute Gasteiger partial charge is 0.317 e. The normalized spacial score (nSPS) is 26.9. The summed E-state index contributed by atoms with van der Waals surface area (Å²) in [4.78, 5) is 13.8. The topological polar surface area (TPSA) is 52.6 Å². The fourth-order valence-electron chi connectivity index (χ4n) is 2.07. The van der Waals surface area contributed by atoms with E-state index in [2.05, 4.69) is 19.2 Å². The Bertz CT molecular complexity index is 223. The second kappa shape index (κ2) is 6.09. The number of hydrogen-bond acceptors (Lipinski definition) is 2. The Kier molecular flexibility index (Phi) is 5.06. The third-order valence-electron chi connectivity index (χ3n) is 3.44. The lowest BCUT2D eigenvalue weighted by atomic mass is 10.0. The van der Waals surface area contributed by atoms with E-state index in [-0.39, 0.29) is 18.7 Å². The van der Waals surface area contributed by atoms with Crippen LogP contribution in [0.3, 0.4) is 0 Å². The van der Waals surface area contributed by atoms with Crippen LogP contribution in [0.2, 0.25) is 0 Å². The average molecular weight is 228 g/mol. The van der Waals surface area contributed by atoms with Gasteiger partial charge in [0.1, 0.15) is 0 Å². The van der Waals surface area contributed by atoms with E-state index in [9.17, 15) is 4.79 Å². The first-order valence-corrected chi connectivity index (χ1v) is 6.21. The number of urea groups is 1. The van der Waals surface area contributed by atoms with Crippen LogP contribution < -0.4 is 5.32 Å². The number of rotatable bonds is 4. The third kappa shape index (κ3) is 3.67. The lowest BCUT2D eigenvalue weighted by Gasteiger charge is -2.20. The van der Waals surface area contributed by atoms with Crippen LogP contribution in [-0.4, -0.2) is 41.8 Å². The first-order valence-electron chi connectivity index (χ1n) is 6.21. The molecule has 1 fully saturated rings. The second-order valence-electron chi connectivity index (χ2n) is 5.08. The third-order valence-corrected chi connectivity index (χ3v) is 3.44. The van der Waals surface area contributed by atoms with Crippen LogP contribution in [0.4, 0.5) is 4.79 Å². The molecule has 2 amide bonds. The van der Waals surface area contributed by atoms with Crippen molar-refractivity contribution in [2.45, 2.75) is 39.7 Å². The van der Waals surface area contributed by atoms with E-state index in [0.29, 0.717) is 11.8 Å². The summed E-state index contributed by atoms with van der Waals surface area (Å²) in [5.74, 6) is 1.19. The van der Waals surface area contributed by atoms with Gasteiger partial charge in [0, 0.05) is 25.7 Å². The molecule has 0 aliphatic carbocycles. The van der Waals surface area contributed by atoms with Gasteiger partial charge in [0.25, 0.3) is 0 Å². The Morgan fingerprint density at radius 2 is 2.00 bits per heavy atom. The van der Waals surface area contributed by atoms with E-state index in [1.54, 1.807) is 0 Å². The summed E-state index contributed by atoms with van der Waals surface area (Å²) in [6.45, 7) is 8.27. The van der Waals surface area contributed by atoms with Gasteiger partial charge < -0.3 is 15.3 Å². The Balaban J connectivity index is 2.30. The first kappa shape index (κ1) is 13.3. The van der Waals surface area contributed by atoms with Gasteiger partial charge >= 0.3 is 6.03 Å². The van der Waals surface area contributed by atoms with Gasteiger partial charge in [-0.3, -0.25) is 0 Å². The molecule has 1 heterocycles. The number of aliphatic hydroxyl groups is 1. The van der Waals surface area contributed by atoms with Crippen LogP contribution in [0, 0.1) is 11.8 Å². The summed E-state index contributed by atoms with van der Waals surface area (Å²) in [7, 11) is 0. The van der Waals surface area contributed by atoms with Crippen molar-refractivity contribution in [3.05, 3.63) is 0 Å². The van der Waals surface area contributed by atoms with E-state index >= 15 is 0 Å². The van der Waals surface area contributed by atoms with Gasteiger partial charge in [-0.05, 0) is 31.6 Å². The summed E-state index contributed by atoms with van der Waals surface area (Å²) in [6.07, 6.45) is 1.58. The zero-order valence-electron chi connectivity index (χ0n) is 10.6. The standard InChI is InChI=1S/C12H24N2O2/c1-9-7-14(8-10(9)2)12(16)13-11(3)5-4-6-15/h9-11,15H,4-8H2,1-3H3,(H,13,16). The summed E-state index contributed by atoms with van der Waals surface area (Å²) in [5, 5.41) is 11.7. The minimum absolute atomic E-state index is 0.0432. The molecule has 0 spiro atoms. The average Bonchev–Trinajstić information content (AvgIpc) is 2.56. The molecule has 94 valence electrons. The van der Waals surface area contributed by atoms with Crippen molar-refractivity contribution in [2.24, 2.45) is 11.8 Å². The molecular formula is C12H24N2O2. The maximum Gasteiger partial charge on any atom is 0.317 e. The fraction of sp³-hybridized carbons (Fsp3) is 0.917. The molecule has 0 aromatic carbocycles. The largest absolute Gasteiger partial charge is 0.396 e. The highest BCUT2D eigenvalue weighted by Crippen LogP contribution is 2.21. The van der Waals surface area contributed by atoms with E-state index in [1.807, 2.05) is 11.8 Å². The van der Waals surface area contributed by atoms with Crippen molar-refractivity contribution in [3.63, 3.8) is 0 Å². The van der Waals surface area contributed by atoms with Crippen LogP contribution in [0.25, 0.3) is 0 Å². The number of nitrogens with one attached hydrogen (secondary N) is 1. The van der Waals surface area contributed by atoms with Crippen molar-refractivity contribution in [2.75, 3.05) is 19.7 Å². The summed E-state index contributed by atoms with van der Waals surface area (Å²) < 4.78 is 0. The molecule has 0 radical (unpaired) electrons. The van der Waals surface area contributed by atoms with Crippen molar-refractivity contribution in [1.82, 2.24) is 10.2 Å². The van der Waals surface area contributed by atoms with Crippen LogP contribution in [0.5, 0.6) is 0 Å². The minimum Gasteiger partial charge on any atom is -0.396 e. The van der Waals surface area contributed by atoms with Gasteiger partial charge in [-0.1, -0.05) is 13.8 Å². The Morgan fingerprint density at radius 1 is 1.44 bits per heavy atom. The number of hydrogen-bond donors (Lipinski definition) is 2. The highest BCUT2D eigenvalue weighted by Gasteiger charge is 2.29. The zero-order chi connectivity index (χ0) is 12.1. The number of carbonyl (C=O) groups is 1. The SMILES string of the molecule is CC(CCCO)NC(=O)N1CC(C)C(C)C1. The van der Waals surface area contributed by atoms with Crippen LogP contribution in [0.1, 0.15) is 33.6 Å². The predicted octanol–water partition coefficient (Wildman–Crippen LogP) is 1.44. The van der Waals surface area contributed by atoms with Crippen molar-refractivity contribution in [1.29, 1.82) is 0 Å². The number of likely N-dealkylation sites (tertiary alicyclic amines) is 1. The molecular weight excluding hydrogens is 204 g/mol. The van der Waals surface area contributed by atoms with Crippen molar-refractivity contribution in [3.8, 4) is 0 Å². The van der Waals surface area contributed by atoms with Gasteiger partial charge in [-0.2, -0.15) is 0 Å². The molecule has 0 saturated carbocycles. The number of carbonyl (C=O) groups excluding carboxylic acids is 1. The molecule has 0 bridgehead atoms. The van der Waals surface area contributed by atoms with Gasteiger partial charge in [-0.15, -0.1) is 0 Å². The van der Waals surface area contributed by atoms with Crippen LogP contribution in [-0.2, 0) is 0 Å². The monoisotopic (exact) mass is 228 g/mol. The van der Waals surface area contributed by atoms with Gasteiger partial charge in [-0.25, -0.2) is 4.79 Å². The molecule has 2 N–H and O–H groups in total. The van der Waals surface area contributed by atoms with E-state index < -0.39 is 0 Å². The number of aliphatic hydroxyl groups excluding tert-OH is 1. The Hall–Kier alpha value is -0.770. The molecule has 4 heteroatoms. The van der Waals surface area contributed by atoms with E-state index in [0.717, 1.165) is 25.9 Å². The molecule has 1 aliphatic heterocycles. The first-order chi connectivity index (χ1) is 7.54. The van der Waals surface area contributed by atoms with E-state index in [4.69, 9.17) is 5.11 Å². The predicted molar refractivity (Wildman–Crippen MR) is 64.2 cm³/mol. The molecule has 16 heavy (non-hydrogen) atoms. The minimum atomic E-state index is 0.0432. The highest BCUT2D eigenvalue weighted by molar-refractivity contribution is 5.74. The highest BCUT2D eigenvalue weighted by atomic mass is 16.3. The van der Waals surface area contributed by atoms with Gasteiger partial charge in [0.05, 0.1) is 0 Å². The molecule has 1 saturated heterocycles. The maximum absolute atomic E-state index is 11.9. The molecule has 3 atom stereocenters. The summed E-state index contributed by atoms with van der Waals surface area (Å²) >= 11 is 0. The fourth-order valence-corrected chi connectivity index (χ4v) is 2.07. The van der Waals surface area contributed by atoms with E-state index in [1.165, 1.54) is 0 Å². The molecule has 3 unspecified atom stereocenters. The molecule has 0 aromatic rings. The molecule has 4 nitrogen and oxygen atoms in total. The van der Waals surface area contributed by atoms with Crippen molar-refractivity contribution < 1.29 is 9.90 Å². The molecule has 1 rings (SSSR count). The van der Waals surface area contributed by atoms with Crippen LogP contribution >= 0.6 is 0 Å². The van der Waals surface area contributed by atoms with Crippen LogP contribution in [0.15, 0.2) is 0 Å². The van der Waals surface area contributed by atoms with Gasteiger partial charge in [0.2, 0.25) is 0 Å². The quantitative estimate of drug-likeness (QED) is 0.765. The Labute approximate surface area is 98.0 Å². The maximum atomic E-state index is 11.9. The number of nitrogens with zero attached hydrogens (tertiary/aromatic N) is 1. The van der Waals surface area contributed by atoms with Gasteiger partial charge in [0.15, 0.2) is 0 Å².